The number of hydrogen-bond acceptors (Lipinski definition) is 5. The van der Waals surface area contributed by atoms with E-state index in [0.29, 0.717) is 24.6 Å². The number of benzene rings is 1. The van der Waals surface area contributed by atoms with Gasteiger partial charge in [0.05, 0.1) is 11.6 Å². The number of rotatable bonds is 4. The zero-order valence-corrected chi connectivity index (χ0v) is 11.2. The Morgan fingerprint density at radius 1 is 1.30 bits per heavy atom. The molecule has 102 valence electrons. The lowest BCUT2D eigenvalue weighted by Gasteiger charge is -1.99. The second-order valence-corrected chi connectivity index (χ2v) is 4.81. The largest absolute Gasteiger partial charge is 0.393 e. The van der Waals surface area contributed by atoms with Gasteiger partial charge in [-0.1, -0.05) is 11.2 Å². The molecule has 0 aliphatic heterocycles. The van der Waals surface area contributed by atoms with Gasteiger partial charge in [0.1, 0.15) is 0 Å². The minimum Gasteiger partial charge on any atom is -0.393 e. The van der Waals surface area contributed by atoms with E-state index in [0.717, 1.165) is 16.5 Å². The first kappa shape index (κ1) is 12.7. The molecular weight excluding hydrogens is 254 g/mol. The number of aliphatic hydroxyl groups excluding tert-OH is 1. The predicted molar refractivity (Wildman–Crippen MR) is 75.0 cm³/mol. The number of aryl methyl sites for hydroxylation is 1. The van der Waals surface area contributed by atoms with Gasteiger partial charge < -0.3 is 9.63 Å². The Bertz CT molecular complexity index is 722. The Balaban J connectivity index is 1.87. The van der Waals surface area contributed by atoms with Crippen LogP contribution < -0.4 is 0 Å². The Kier molecular flexibility index (Phi) is 3.43. The molecule has 1 aromatic carbocycles. The van der Waals surface area contributed by atoms with E-state index in [-0.39, 0.29) is 6.10 Å². The molecule has 3 rings (SSSR count). The van der Waals surface area contributed by atoms with Crippen molar-refractivity contribution >= 4 is 10.9 Å². The maximum Gasteiger partial charge on any atom is 0.227 e. The van der Waals surface area contributed by atoms with Crippen LogP contribution in [0, 0.1) is 0 Å². The maximum atomic E-state index is 9.26. The molecule has 5 heteroatoms. The van der Waals surface area contributed by atoms with Gasteiger partial charge in [0.15, 0.2) is 0 Å². The summed E-state index contributed by atoms with van der Waals surface area (Å²) in [6.07, 6.45) is 2.60. The van der Waals surface area contributed by atoms with Crippen molar-refractivity contribution in [3.63, 3.8) is 0 Å². The molecule has 2 heterocycles. The van der Waals surface area contributed by atoms with Crippen molar-refractivity contribution in [3.8, 4) is 11.4 Å². The molecule has 5 nitrogen and oxygen atoms in total. The van der Waals surface area contributed by atoms with Gasteiger partial charge in [0, 0.05) is 23.6 Å². The average molecular weight is 269 g/mol. The van der Waals surface area contributed by atoms with Crippen molar-refractivity contribution in [3.05, 3.63) is 42.4 Å². The lowest BCUT2D eigenvalue weighted by Crippen LogP contribution is -2.01. The molecule has 0 saturated heterocycles. The molecule has 0 radical (unpaired) electrons. The number of hydrogen-bond donors (Lipinski definition) is 1. The van der Waals surface area contributed by atoms with E-state index in [1.54, 1.807) is 13.1 Å². The van der Waals surface area contributed by atoms with Crippen LogP contribution in [0.2, 0.25) is 0 Å². The van der Waals surface area contributed by atoms with Crippen molar-refractivity contribution in [2.45, 2.75) is 25.9 Å². The van der Waals surface area contributed by atoms with Crippen LogP contribution in [0.25, 0.3) is 22.3 Å². The van der Waals surface area contributed by atoms with Crippen LogP contribution in [-0.4, -0.2) is 26.3 Å². The first-order valence-electron chi connectivity index (χ1n) is 6.58. The lowest BCUT2D eigenvalue weighted by molar-refractivity contribution is 0.180. The summed E-state index contributed by atoms with van der Waals surface area (Å²) in [4.78, 5) is 8.63. The van der Waals surface area contributed by atoms with Crippen molar-refractivity contribution in [2.24, 2.45) is 0 Å². The van der Waals surface area contributed by atoms with Crippen LogP contribution in [0.15, 0.2) is 41.1 Å². The Labute approximate surface area is 116 Å². The molecule has 0 saturated carbocycles. The van der Waals surface area contributed by atoms with Crippen molar-refractivity contribution in [1.29, 1.82) is 0 Å². The molecule has 2 aromatic heterocycles. The smallest absolute Gasteiger partial charge is 0.227 e. The predicted octanol–water partition coefficient (Wildman–Crippen LogP) is 2.60. The summed E-state index contributed by atoms with van der Waals surface area (Å²) in [5, 5.41) is 14.3. The first-order valence-corrected chi connectivity index (χ1v) is 6.58. The monoisotopic (exact) mass is 269 g/mol. The number of fused-ring (bicyclic) bond motifs is 1. The summed E-state index contributed by atoms with van der Waals surface area (Å²) >= 11 is 0. The topological polar surface area (TPSA) is 72.0 Å². The summed E-state index contributed by atoms with van der Waals surface area (Å²) in [5.74, 6) is 1.11. The van der Waals surface area contributed by atoms with Crippen LogP contribution in [0.4, 0.5) is 0 Å². The number of aliphatic hydroxyl groups is 1. The molecule has 0 aliphatic rings. The summed E-state index contributed by atoms with van der Waals surface area (Å²) < 4.78 is 5.19. The molecule has 20 heavy (non-hydrogen) atoms. The van der Waals surface area contributed by atoms with Crippen LogP contribution >= 0.6 is 0 Å². The summed E-state index contributed by atoms with van der Waals surface area (Å²) in [7, 11) is 0. The molecular formula is C15H15N3O2. The van der Waals surface area contributed by atoms with Gasteiger partial charge in [-0.05, 0) is 37.6 Å². The molecule has 0 amide bonds. The van der Waals surface area contributed by atoms with Gasteiger partial charge >= 0.3 is 0 Å². The van der Waals surface area contributed by atoms with Crippen LogP contribution in [0.5, 0.6) is 0 Å². The van der Waals surface area contributed by atoms with Crippen molar-refractivity contribution in [1.82, 2.24) is 15.1 Å². The fourth-order valence-electron chi connectivity index (χ4n) is 2.02. The van der Waals surface area contributed by atoms with E-state index < -0.39 is 0 Å². The van der Waals surface area contributed by atoms with E-state index in [9.17, 15) is 5.11 Å². The highest BCUT2D eigenvalue weighted by molar-refractivity contribution is 5.82. The summed E-state index contributed by atoms with van der Waals surface area (Å²) in [6, 6.07) is 9.76. The zero-order chi connectivity index (χ0) is 13.9. The molecule has 0 fully saturated rings. The van der Waals surface area contributed by atoms with Gasteiger partial charge in [-0.25, -0.2) is 0 Å². The molecule has 1 N–H and O–H groups in total. The third kappa shape index (κ3) is 2.67. The molecule has 3 aromatic rings. The average Bonchev–Trinajstić information content (AvgIpc) is 2.93. The van der Waals surface area contributed by atoms with Crippen LogP contribution in [0.1, 0.15) is 19.2 Å². The highest BCUT2D eigenvalue weighted by Gasteiger charge is 2.10. The zero-order valence-electron chi connectivity index (χ0n) is 11.2. The molecule has 1 atom stereocenters. The molecule has 0 spiro atoms. The second kappa shape index (κ2) is 5.38. The van der Waals surface area contributed by atoms with Crippen LogP contribution in [-0.2, 0) is 6.42 Å². The first-order chi connectivity index (χ1) is 9.72. The molecule has 0 bridgehead atoms. The highest BCUT2D eigenvalue weighted by atomic mass is 16.5. The standard InChI is InChI=1S/C15H15N3O2/c1-10(19)4-7-14-17-15(18-20-14)12-5-6-13-11(9-12)3-2-8-16-13/h2-3,5-6,8-10,19H,4,7H2,1H3. The minimum atomic E-state index is -0.364. The van der Waals surface area contributed by atoms with E-state index in [2.05, 4.69) is 15.1 Å². The Morgan fingerprint density at radius 2 is 2.20 bits per heavy atom. The van der Waals surface area contributed by atoms with Crippen molar-refractivity contribution in [2.75, 3.05) is 0 Å². The van der Waals surface area contributed by atoms with Crippen molar-refractivity contribution < 1.29 is 9.63 Å². The molecule has 1 unspecified atom stereocenters. The van der Waals surface area contributed by atoms with E-state index in [1.807, 2.05) is 30.3 Å². The number of nitrogens with zero attached hydrogens (tertiary/aromatic N) is 3. The SMILES string of the molecule is CC(O)CCc1nc(-c2ccc3ncccc3c2)no1. The van der Waals surface area contributed by atoms with Gasteiger partial charge in [-0.2, -0.15) is 4.98 Å². The third-order valence-electron chi connectivity index (χ3n) is 3.11. The van der Waals surface area contributed by atoms with Gasteiger partial charge in [-0.15, -0.1) is 0 Å². The second-order valence-electron chi connectivity index (χ2n) is 4.81. The minimum absolute atomic E-state index is 0.364. The number of pyridine rings is 1. The van der Waals surface area contributed by atoms with Crippen LogP contribution in [0.3, 0.4) is 0 Å². The summed E-state index contributed by atoms with van der Waals surface area (Å²) in [6.45, 7) is 1.74. The fraction of sp³-hybridized carbons (Fsp3) is 0.267. The maximum absolute atomic E-state index is 9.26. The highest BCUT2D eigenvalue weighted by Crippen LogP contribution is 2.21. The Morgan fingerprint density at radius 3 is 3.05 bits per heavy atom. The van der Waals surface area contributed by atoms with Gasteiger partial charge in [-0.3, -0.25) is 4.98 Å². The Hall–Kier alpha value is -2.27. The normalized spacial score (nSPS) is 12.7. The van der Waals surface area contributed by atoms with E-state index >= 15 is 0 Å². The van der Waals surface area contributed by atoms with E-state index in [4.69, 9.17) is 4.52 Å². The molecule has 0 aliphatic carbocycles. The third-order valence-corrected chi connectivity index (χ3v) is 3.11. The lowest BCUT2D eigenvalue weighted by atomic mass is 10.1. The van der Waals surface area contributed by atoms with Gasteiger partial charge in [0.2, 0.25) is 11.7 Å². The fourth-order valence-corrected chi connectivity index (χ4v) is 2.02. The summed E-state index contributed by atoms with van der Waals surface area (Å²) in [5.41, 5.74) is 1.84. The quantitative estimate of drug-likeness (QED) is 0.788. The number of aromatic nitrogens is 3. The van der Waals surface area contributed by atoms with Gasteiger partial charge in [0.25, 0.3) is 0 Å². The van der Waals surface area contributed by atoms with E-state index in [1.165, 1.54) is 0 Å².